The van der Waals surface area contributed by atoms with Gasteiger partial charge in [0.2, 0.25) is 0 Å². The Morgan fingerprint density at radius 3 is 2.59 bits per heavy atom. The van der Waals surface area contributed by atoms with Crippen LogP contribution in [0.25, 0.3) is 0 Å². The third-order valence-corrected chi connectivity index (χ3v) is 2.75. The van der Waals surface area contributed by atoms with Gasteiger partial charge in [-0.05, 0) is 38.2 Å². The van der Waals surface area contributed by atoms with Gasteiger partial charge >= 0.3 is 0 Å². The van der Waals surface area contributed by atoms with Gasteiger partial charge in [-0.15, -0.1) is 0 Å². The maximum Gasteiger partial charge on any atom is 0.179 e. The molecule has 0 bridgehead atoms. The molecule has 0 amide bonds. The number of hydrogen-bond donors (Lipinski definition) is 0. The molecule has 1 rings (SSSR count). The van der Waals surface area contributed by atoms with Crippen molar-refractivity contribution in [3.05, 3.63) is 35.6 Å². The van der Waals surface area contributed by atoms with Crippen LogP contribution in [0.15, 0.2) is 24.3 Å². The first-order valence-electron chi connectivity index (χ1n) is 5.43. The Balaban J connectivity index is 2.69. The number of rotatable bonds is 5. The monoisotopic (exact) mass is 234 g/mol. The third kappa shape index (κ3) is 3.65. The first-order valence-corrected chi connectivity index (χ1v) is 5.43. The summed E-state index contributed by atoms with van der Waals surface area (Å²) in [6.45, 7) is 2.33. The molecule has 0 fully saturated rings. The number of halogens is 1. The molecular weight excluding hydrogens is 219 g/mol. The van der Waals surface area contributed by atoms with Crippen molar-refractivity contribution in [2.45, 2.75) is 19.4 Å². The van der Waals surface area contributed by atoms with Crippen LogP contribution in [0, 0.1) is 17.1 Å². The highest BCUT2D eigenvalue weighted by Crippen LogP contribution is 2.09. The zero-order valence-electron chi connectivity index (χ0n) is 9.98. The van der Waals surface area contributed by atoms with E-state index in [2.05, 4.69) is 0 Å². The normalized spacial score (nSPS) is 12.2. The van der Waals surface area contributed by atoms with Gasteiger partial charge in [-0.1, -0.05) is 0 Å². The van der Waals surface area contributed by atoms with Crippen LogP contribution in [0.4, 0.5) is 4.39 Å². The molecule has 0 heterocycles. The molecule has 0 spiro atoms. The average molecular weight is 234 g/mol. The first kappa shape index (κ1) is 13.3. The smallest absolute Gasteiger partial charge is 0.179 e. The van der Waals surface area contributed by atoms with Crippen LogP contribution < -0.4 is 0 Å². The van der Waals surface area contributed by atoms with Gasteiger partial charge in [0, 0.05) is 18.5 Å². The molecule has 0 saturated heterocycles. The Kier molecular flexibility index (Phi) is 4.80. The SMILES string of the molecule is CC(C(=O)c1ccc(F)cc1)N(C)CCC#N. The molecule has 90 valence electrons. The molecular formula is C13H15FN2O. The molecule has 0 aliphatic heterocycles. The predicted molar refractivity (Wildman–Crippen MR) is 63.1 cm³/mol. The second-order valence-electron chi connectivity index (χ2n) is 3.94. The molecule has 4 heteroatoms. The molecule has 0 radical (unpaired) electrons. The summed E-state index contributed by atoms with van der Waals surface area (Å²) in [5, 5.41) is 8.48. The van der Waals surface area contributed by atoms with Crippen LogP contribution in [0.3, 0.4) is 0 Å². The summed E-state index contributed by atoms with van der Waals surface area (Å²) < 4.78 is 12.7. The van der Waals surface area contributed by atoms with E-state index in [9.17, 15) is 9.18 Å². The molecule has 0 aliphatic rings. The molecule has 0 aliphatic carbocycles. The number of ketones is 1. The zero-order valence-corrected chi connectivity index (χ0v) is 9.98. The summed E-state index contributed by atoms with van der Waals surface area (Å²) in [5.41, 5.74) is 0.489. The number of nitriles is 1. The highest BCUT2D eigenvalue weighted by molar-refractivity contribution is 5.99. The van der Waals surface area contributed by atoms with Gasteiger partial charge in [-0.25, -0.2) is 4.39 Å². The first-order chi connectivity index (χ1) is 8.06. The Morgan fingerprint density at radius 1 is 1.47 bits per heavy atom. The minimum atomic E-state index is -0.355. The molecule has 0 N–H and O–H groups in total. The van der Waals surface area contributed by atoms with Crippen LogP contribution >= 0.6 is 0 Å². The van der Waals surface area contributed by atoms with Crippen LogP contribution in [-0.4, -0.2) is 30.3 Å². The van der Waals surface area contributed by atoms with Gasteiger partial charge in [0.1, 0.15) is 5.82 Å². The lowest BCUT2D eigenvalue weighted by molar-refractivity contribution is 0.0871. The van der Waals surface area contributed by atoms with Crippen molar-refractivity contribution in [2.24, 2.45) is 0 Å². The summed E-state index contributed by atoms with van der Waals surface area (Å²) in [4.78, 5) is 13.8. The maximum atomic E-state index is 12.7. The summed E-state index contributed by atoms with van der Waals surface area (Å²) in [5.74, 6) is -0.419. The van der Waals surface area contributed by atoms with E-state index in [0.29, 0.717) is 18.5 Å². The molecule has 1 unspecified atom stereocenters. The van der Waals surface area contributed by atoms with E-state index in [1.165, 1.54) is 24.3 Å². The quantitative estimate of drug-likeness (QED) is 0.734. The van der Waals surface area contributed by atoms with Crippen LogP contribution in [0.1, 0.15) is 23.7 Å². The molecule has 17 heavy (non-hydrogen) atoms. The number of likely N-dealkylation sites (N-methyl/N-ethyl adjacent to an activating group) is 1. The van der Waals surface area contributed by atoms with Crippen LogP contribution in [-0.2, 0) is 0 Å². The van der Waals surface area contributed by atoms with Gasteiger partial charge in [-0.2, -0.15) is 5.26 Å². The number of benzene rings is 1. The minimum Gasteiger partial charge on any atom is -0.296 e. The van der Waals surface area contributed by atoms with Crippen molar-refractivity contribution in [3.8, 4) is 6.07 Å². The van der Waals surface area contributed by atoms with Gasteiger partial charge in [0.15, 0.2) is 5.78 Å². The predicted octanol–water partition coefficient (Wildman–Crippen LogP) is 2.24. The van der Waals surface area contributed by atoms with Crippen molar-refractivity contribution < 1.29 is 9.18 Å². The molecule has 1 aromatic rings. The topological polar surface area (TPSA) is 44.1 Å². The second-order valence-corrected chi connectivity index (χ2v) is 3.94. The fourth-order valence-corrected chi connectivity index (χ4v) is 1.48. The number of Topliss-reactive ketones (excluding diaryl/α,β-unsaturated/α-hetero) is 1. The van der Waals surface area contributed by atoms with Crippen molar-refractivity contribution in [1.82, 2.24) is 4.90 Å². The van der Waals surface area contributed by atoms with Crippen molar-refractivity contribution in [3.63, 3.8) is 0 Å². The third-order valence-electron chi connectivity index (χ3n) is 2.75. The van der Waals surface area contributed by atoms with E-state index < -0.39 is 0 Å². The van der Waals surface area contributed by atoms with Gasteiger partial charge < -0.3 is 0 Å². The lowest BCUT2D eigenvalue weighted by Crippen LogP contribution is -2.36. The van der Waals surface area contributed by atoms with E-state index >= 15 is 0 Å². The highest BCUT2D eigenvalue weighted by atomic mass is 19.1. The van der Waals surface area contributed by atoms with E-state index in [1.807, 2.05) is 11.0 Å². The van der Waals surface area contributed by atoms with E-state index in [0.717, 1.165) is 0 Å². The lowest BCUT2D eigenvalue weighted by Gasteiger charge is -2.22. The molecule has 0 aromatic heterocycles. The van der Waals surface area contributed by atoms with Crippen molar-refractivity contribution in [2.75, 3.05) is 13.6 Å². The average Bonchev–Trinajstić information content (AvgIpc) is 2.35. The minimum absolute atomic E-state index is 0.0644. The second kappa shape index (κ2) is 6.12. The zero-order chi connectivity index (χ0) is 12.8. The summed E-state index contributed by atoms with van der Waals surface area (Å²) in [7, 11) is 1.80. The summed E-state index contributed by atoms with van der Waals surface area (Å²) in [6, 6.07) is 7.23. The maximum absolute atomic E-state index is 12.7. The van der Waals surface area contributed by atoms with E-state index in [1.54, 1.807) is 14.0 Å². The Hall–Kier alpha value is -1.73. The standard InChI is InChI=1S/C13H15FN2O/c1-10(16(2)9-3-8-15)13(17)11-4-6-12(14)7-5-11/h4-7,10H,3,9H2,1-2H3. The molecule has 3 nitrogen and oxygen atoms in total. The molecule has 0 saturated carbocycles. The Bertz CT molecular complexity index is 422. The Labute approximate surface area is 100 Å². The highest BCUT2D eigenvalue weighted by Gasteiger charge is 2.19. The Morgan fingerprint density at radius 2 is 2.06 bits per heavy atom. The fourth-order valence-electron chi connectivity index (χ4n) is 1.48. The molecule has 1 atom stereocenters. The van der Waals surface area contributed by atoms with E-state index in [4.69, 9.17) is 5.26 Å². The van der Waals surface area contributed by atoms with Gasteiger partial charge in [0.05, 0.1) is 12.1 Å². The van der Waals surface area contributed by atoms with Gasteiger partial charge in [-0.3, -0.25) is 9.69 Å². The van der Waals surface area contributed by atoms with Crippen LogP contribution in [0.5, 0.6) is 0 Å². The fraction of sp³-hybridized carbons (Fsp3) is 0.385. The number of carbonyl (C=O) groups excluding carboxylic acids is 1. The number of nitrogens with zero attached hydrogens (tertiary/aromatic N) is 2. The molecule has 1 aromatic carbocycles. The van der Waals surface area contributed by atoms with Gasteiger partial charge in [0.25, 0.3) is 0 Å². The van der Waals surface area contributed by atoms with E-state index in [-0.39, 0.29) is 17.6 Å². The van der Waals surface area contributed by atoms with Crippen molar-refractivity contribution >= 4 is 5.78 Å². The summed E-state index contributed by atoms with van der Waals surface area (Å²) in [6.07, 6.45) is 0.386. The largest absolute Gasteiger partial charge is 0.296 e. The number of carbonyl (C=O) groups is 1. The lowest BCUT2D eigenvalue weighted by atomic mass is 10.0. The van der Waals surface area contributed by atoms with Crippen LogP contribution in [0.2, 0.25) is 0 Å². The van der Waals surface area contributed by atoms with Crippen molar-refractivity contribution in [1.29, 1.82) is 5.26 Å². The summed E-state index contributed by atoms with van der Waals surface area (Å²) >= 11 is 0. The number of hydrogen-bond acceptors (Lipinski definition) is 3.